The Bertz CT molecular complexity index is 411. The minimum Gasteiger partial charge on any atom is -0.389 e. The van der Waals surface area contributed by atoms with Gasteiger partial charge in [-0.05, 0) is 60.1 Å². The lowest BCUT2D eigenvalue weighted by Gasteiger charge is -2.38. The van der Waals surface area contributed by atoms with Crippen molar-refractivity contribution in [2.24, 2.45) is 0 Å². The van der Waals surface area contributed by atoms with Gasteiger partial charge in [-0.1, -0.05) is 0 Å². The number of nitrogens with one attached hydrogen (secondary N) is 1. The largest absolute Gasteiger partial charge is 0.389 e. The number of hydrogen-bond acceptors (Lipinski definition) is 2. The van der Waals surface area contributed by atoms with E-state index in [0.717, 1.165) is 13.1 Å². The van der Waals surface area contributed by atoms with Gasteiger partial charge in [-0.25, -0.2) is 0 Å². The molecule has 0 radical (unpaired) electrons. The summed E-state index contributed by atoms with van der Waals surface area (Å²) in [5.41, 5.74) is 2.86. The van der Waals surface area contributed by atoms with E-state index in [1.807, 2.05) is 27.7 Å². The van der Waals surface area contributed by atoms with Crippen LogP contribution in [0.1, 0.15) is 51.6 Å². The van der Waals surface area contributed by atoms with Crippen molar-refractivity contribution in [3.8, 4) is 0 Å². The Morgan fingerprint density at radius 1 is 1.22 bits per heavy atom. The van der Waals surface area contributed by atoms with Crippen LogP contribution in [-0.4, -0.2) is 20.8 Å². The van der Waals surface area contributed by atoms with Gasteiger partial charge >= 0.3 is 0 Å². The van der Waals surface area contributed by atoms with Crippen molar-refractivity contribution in [3.05, 3.63) is 23.0 Å². The Hall–Kier alpha value is -0.800. The van der Waals surface area contributed by atoms with Crippen LogP contribution in [0, 0.1) is 13.8 Å². The van der Waals surface area contributed by atoms with Crippen LogP contribution in [0.15, 0.2) is 6.07 Å². The molecular weight excluding hydrogens is 224 g/mol. The first kappa shape index (κ1) is 15.3. The van der Waals surface area contributed by atoms with Gasteiger partial charge in [0.25, 0.3) is 0 Å². The second-order valence-electron chi connectivity index (χ2n) is 6.18. The molecule has 0 aromatic carbocycles. The molecule has 0 saturated carbocycles. The molecule has 1 heterocycles. The SMILES string of the molecule is CCn1c(C)cc(CNC(C)(C)C(C)(C)O)c1C. The predicted octanol–water partition coefficient (Wildman–Crippen LogP) is 2.76. The highest BCUT2D eigenvalue weighted by Gasteiger charge is 2.34. The normalized spacial score (nSPS) is 13.1. The van der Waals surface area contributed by atoms with Crippen LogP contribution in [0.25, 0.3) is 0 Å². The minimum absolute atomic E-state index is 0.318. The highest BCUT2D eigenvalue weighted by molar-refractivity contribution is 5.26. The molecule has 0 aliphatic carbocycles. The van der Waals surface area contributed by atoms with Crippen LogP contribution in [0.5, 0.6) is 0 Å². The second kappa shape index (κ2) is 5.06. The molecule has 0 amide bonds. The van der Waals surface area contributed by atoms with Crippen LogP contribution in [0.4, 0.5) is 0 Å². The van der Waals surface area contributed by atoms with Gasteiger partial charge in [-0.15, -0.1) is 0 Å². The first-order valence-electron chi connectivity index (χ1n) is 6.73. The Balaban J connectivity index is 2.82. The fraction of sp³-hybridized carbons (Fsp3) is 0.733. The van der Waals surface area contributed by atoms with Crippen molar-refractivity contribution >= 4 is 0 Å². The quantitative estimate of drug-likeness (QED) is 0.845. The maximum atomic E-state index is 10.1. The zero-order valence-corrected chi connectivity index (χ0v) is 12.9. The van der Waals surface area contributed by atoms with Crippen LogP contribution >= 0.6 is 0 Å². The molecule has 1 aromatic heterocycles. The molecule has 0 saturated heterocycles. The molecule has 0 fully saturated rings. The van der Waals surface area contributed by atoms with E-state index >= 15 is 0 Å². The number of nitrogens with zero attached hydrogens (tertiary/aromatic N) is 1. The third-order valence-electron chi connectivity index (χ3n) is 4.24. The molecule has 0 atom stereocenters. The molecule has 0 aliphatic rings. The Kier molecular flexibility index (Phi) is 4.29. The first-order chi connectivity index (χ1) is 8.10. The summed E-state index contributed by atoms with van der Waals surface area (Å²) in [6.45, 7) is 16.0. The number of aromatic nitrogens is 1. The van der Waals surface area contributed by atoms with Gasteiger partial charge in [0, 0.05) is 30.0 Å². The van der Waals surface area contributed by atoms with Gasteiger partial charge in [0.15, 0.2) is 0 Å². The van der Waals surface area contributed by atoms with Gasteiger partial charge < -0.3 is 15.0 Å². The summed E-state index contributed by atoms with van der Waals surface area (Å²) in [6, 6.07) is 2.23. The fourth-order valence-electron chi connectivity index (χ4n) is 2.07. The lowest BCUT2D eigenvalue weighted by Crippen LogP contribution is -2.55. The summed E-state index contributed by atoms with van der Waals surface area (Å²) < 4.78 is 2.31. The third kappa shape index (κ3) is 2.96. The minimum atomic E-state index is -0.747. The van der Waals surface area contributed by atoms with Crippen molar-refractivity contribution < 1.29 is 5.11 Å². The Morgan fingerprint density at radius 2 is 1.78 bits per heavy atom. The summed E-state index contributed by atoms with van der Waals surface area (Å²) in [4.78, 5) is 0. The third-order valence-corrected chi connectivity index (χ3v) is 4.24. The molecule has 1 rings (SSSR count). The van der Waals surface area contributed by atoms with E-state index in [9.17, 15) is 5.11 Å². The average molecular weight is 252 g/mol. The topological polar surface area (TPSA) is 37.2 Å². The van der Waals surface area contributed by atoms with Crippen molar-refractivity contribution in [1.82, 2.24) is 9.88 Å². The number of hydrogen-bond donors (Lipinski definition) is 2. The summed E-state index contributed by atoms with van der Waals surface area (Å²) in [6.07, 6.45) is 0. The monoisotopic (exact) mass is 252 g/mol. The molecule has 0 unspecified atom stereocenters. The average Bonchev–Trinajstić information content (AvgIpc) is 2.49. The zero-order valence-electron chi connectivity index (χ0n) is 12.9. The van der Waals surface area contributed by atoms with Crippen LogP contribution in [0.2, 0.25) is 0 Å². The van der Waals surface area contributed by atoms with E-state index in [-0.39, 0.29) is 5.54 Å². The van der Waals surface area contributed by atoms with E-state index in [4.69, 9.17) is 0 Å². The lowest BCUT2D eigenvalue weighted by molar-refractivity contribution is -0.00534. The van der Waals surface area contributed by atoms with Crippen molar-refractivity contribution in [2.45, 2.75) is 72.7 Å². The van der Waals surface area contributed by atoms with Crippen molar-refractivity contribution in [3.63, 3.8) is 0 Å². The Labute approximate surface area is 111 Å². The van der Waals surface area contributed by atoms with Crippen molar-refractivity contribution in [1.29, 1.82) is 0 Å². The van der Waals surface area contributed by atoms with E-state index in [1.165, 1.54) is 17.0 Å². The molecule has 0 bridgehead atoms. The highest BCUT2D eigenvalue weighted by atomic mass is 16.3. The molecule has 0 spiro atoms. The standard InChI is InChI=1S/C15H28N2O/c1-8-17-11(2)9-13(12(17)3)10-16-14(4,5)15(6,7)18/h9,16,18H,8,10H2,1-7H3. The number of aliphatic hydroxyl groups is 1. The summed E-state index contributed by atoms with van der Waals surface area (Å²) in [5.74, 6) is 0. The fourth-order valence-corrected chi connectivity index (χ4v) is 2.07. The number of rotatable bonds is 5. The second-order valence-corrected chi connectivity index (χ2v) is 6.18. The smallest absolute Gasteiger partial charge is 0.0767 e. The van der Waals surface area contributed by atoms with E-state index in [0.29, 0.717) is 0 Å². The van der Waals surface area contributed by atoms with E-state index in [1.54, 1.807) is 0 Å². The van der Waals surface area contributed by atoms with E-state index in [2.05, 4.69) is 36.7 Å². The van der Waals surface area contributed by atoms with Crippen LogP contribution in [-0.2, 0) is 13.1 Å². The van der Waals surface area contributed by atoms with Gasteiger partial charge in [0.2, 0.25) is 0 Å². The summed E-state index contributed by atoms with van der Waals surface area (Å²) in [5, 5.41) is 13.6. The van der Waals surface area contributed by atoms with Crippen LogP contribution in [0.3, 0.4) is 0 Å². The number of aryl methyl sites for hydroxylation is 1. The zero-order chi connectivity index (χ0) is 14.1. The molecule has 0 aliphatic heterocycles. The predicted molar refractivity (Wildman–Crippen MR) is 76.8 cm³/mol. The maximum Gasteiger partial charge on any atom is 0.0767 e. The van der Waals surface area contributed by atoms with Gasteiger partial charge in [-0.2, -0.15) is 0 Å². The highest BCUT2D eigenvalue weighted by Crippen LogP contribution is 2.22. The van der Waals surface area contributed by atoms with Crippen LogP contribution < -0.4 is 5.32 Å². The lowest BCUT2D eigenvalue weighted by atomic mass is 9.86. The van der Waals surface area contributed by atoms with Gasteiger partial charge in [0.1, 0.15) is 0 Å². The van der Waals surface area contributed by atoms with E-state index < -0.39 is 5.60 Å². The molecule has 3 heteroatoms. The van der Waals surface area contributed by atoms with Gasteiger partial charge in [0.05, 0.1) is 5.60 Å². The molecule has 1 aromatic rings. The van der Waals surface area contributed by atoms with Crippen molar-refractivity contribution in [2.75, 3.05) is 0 Å². The van der Waals surface area contributed by atoms with Gasteiger partial charge in [-0.3, -0.25) is 0 Å². The molecule has 104 valence electrons. The molecule has 2 N–H and O–H groups in total. The summed E-state index contributed by atoms with van der Waals surface area (Å²) >= 11 is 0. The first-order valence-corrected chi connectivity index (χ1v) is 6.73. The maximum absolute atomic E-state index is 10.1. The molecular formula is C15H28N2O. The molecule has 3 nitrogen and oxygen atoms in total. The molecule has 18 heavy (non-hydrogen) atoms. The summed E-state index contributed by atoms with van der Waals surface area (Å²) in [7, 11) is 0. The Morgan fingerprint density at radius 3 is 2.17 bits per heavy atom.